The van der Waals surface area contributed by atoms with Gasteiger partial charge in [0.05, 0.1) is 10.9 Å². The Hall–Kier alpha value is -3.15. The third kappa shape index (κ3) is 2.42. The SMILES string of the molecule is Nc1ccc(F)c2ccnc(Nc3cccc(C(=O)O)c3)c12. The van der Waals surface area contributed by atoms with E-state index in [0.29, 0.717) is 28.0 Å². The predicted octanol–water partition coefficient (Wildman–Crippen LogP) is 3.40. The average Bonchev–Trinajstić information content (AvgIpc) is 2.51. The van der Waals surface area contributed by atoms with E-state index in [0.717, 1.165) is 0 Å². The molecule has 1 heterocycles. The molecule has 0 radical (unpaired) electrons. The number of rotatable bonds is 3. The van der Waals surface area contributed by atoms with Crippen molar-refractivity contribution in [2.75, 3.05) is 11.1 Å². The summed E-state index contributed by atoms with van der Waals surface area (Å²) in [4.78, 5) is 15.2. The van der Waals surface area contributed by atoms with Crippen LogP contribution in [0.5, 0.6) is 0 Å². The van der Waals surface area contributed by atoms with E-state index >= 15 is 0 Å². The van der Waals surface area contributed by atoms with Gasteiger partial charge >= 0.3 is 5.97 Å². The van der Waals surface area contributed by atoms with Crippen molar-refractivity contribution in [3.8, 4) is 0 Å². The monoisotopic (exact) mass is 297 g/mol. The van der Waals surface area contributed by atoms with Gasteiger partial charge in [0, 0.05) is 23.0 Å². The van der Waals surface area contributed by atoms with E-state index in [9.17, 15) is 9.18 Å². The number of hydrogen-bond donors (Lipinski definition) is 3. The summed E-state index contributed by atoms with van der Waals surface area (Å²) in [7, 11) is 0. The van der Waals surface area contributed by atoms with E-state index in [1.807, 2.05) is 0 Å². The van der Waals surface area contributed by atoms with Gasteiger partial charge in [-0.05, 0) is 36.4 Å². The molecular weight excluding hydrogens is 285 g/mol. The number of nitrogens with two attached hydrogens (primary N) is 1. The van der Waals surface area contributed by atoms with Crippen molar-refractivity contribution < 1.29 is 14.3 Å². The van der Waals surface area contributed by atoms with Gasteiger partial charge in [-0.15, -0.1) is 0 Å². The van der Waals surface area contributed by atoms with E-state index in [4.69, 9.17) is 10.8 Å². The second-order valence-electron chi connectivity index (χ2n) is 4.73. The average molecular weight is 297 g/mol. The van der Waals surface area contributed by atoms with Crippen molar-refractivity contribution in [3.63, 3.8) is 0 Å². The van der Waals surface area contributed by atoms with Crippen LogP contribution in [0.3, 0.4) is 0 Å². The fraction of sp³-hybridized carbons (Fsp3) is 0. The van der Waals surface area contributed by atoms with Crippen molar-refractivity contribution in [2.45, 2.75) is 0 Å². The van der Waals surface area contributed by atoms with Gasteiger partial charge in [-0.25, -0.2) is 14.2 Å². The molecule has 3 aromatic rings. The summed E-state index contributed by atoms with van der Waals surface area (Å²) in [5.74, 6) is -1.05. The molecule has 1 aromatic heterocycles. The number of carboxylic acids is 1. The summed E-state index contributed by atoms with van der Waals surface area (Å²) >= 11 is 0. The number of carboxylic acid groups (broad SMARTS) is 1. The third-order valence-corrected chi connectivity index (χ3v) is 3.28. The lowest BCUT2D eigenvalue weighted by Crippen LogP contribution is -2.00. The number of nitrogens with one attached hydrogen (secondary N) is 1. The molecule has 0 aliphatic rings. The van der Waals surface area contributed by atoms with Gasteiger partial charge in [0.15, 0.2) is 0 Å². The summed E-state index contributed by atoms with van der Waals surface area (Å²) in [6.07, 6.45) is 1.47. The van der Waals surface area contributed by atoms with Crippen LogP contribution in [0.1, 0.15) is 10.4 Å². The van der Waals surface area contributed by atoms with Crippen molar-refractivity contribution in [2.24, 2.45) is 0 Å². The standard InChI is InChI=1S/C16H12FN3O2/c17-12-4-5-13(18)14-11(12)6-7-19-15(14)20-10-3-1-2-9(8-10)16(21)22/h1-8H,18H2,(H,19,20)(H,21,22). The molecule has 22 heavy (non-hydrogen) atoms. The Morgan fingerprint density at radius 2 is 2.05 bits per heavy atom. The highest BCUT2D eigenvalue weighted by Gasteiger charge is 2.11. The zero-order chi connectivity index (χ0) is 15.7. The lowest BCUT2D eigenvalue weighted by Gasteiger charge is -2.11. The van der Waals surface area contributed by atoms with Crippen LogP contribution in [0.2, 0.25) is 0 Å². The van der Waals surface area contributed by atoms with Gasteiger partial charge in [-0.1, -0.05) is 6.07 Å². The molecule has 0 aliphatic carbocycles. The topological polar surface area (TPSA) is 88.2 Å². The fourth-order valence-electron chi connectivity index (χ4n) is 2.25. The first kappa shape index (κ1) is 13.8. The Morgan fingerprint density at radius 3 is 2.82 bits per heavy atom. The number of aromatic nitrogens is 1. The molecule has 0 saturated carbocycles. The Kier molecular flexibility index (Phi) is 3.34. The molecule has 110 valence electrons. The van der Waals surface area contributed by atoms with Crippen molar-refractivity contribution >= 4 is 33.9 Å². The van der Waals surface area contributed by atoms with E-state index in [1.165, 1.54) is 30.5 Å². The van der Waals surface area contributed by atoms with Crippen molar-refractivity contribution in [1.29, 1.82) is 0 Å². The van der Waals surface area contributed by atoms with Crippen LogP contribution in [0.15, 0.2) is 48.7 Å². The Balaban J connectivity index is 2.10. The largest absolute Gasteiger partial charge is 0.478 e. The van der Waals surface area contributed by atoms with Gasteiger partial charge in [-0.2, -0.15) is 0 Å². The molecule has 6 heteroatoms. The number of pyridine rings is 1. The summed E-state index contributed by atoms with van der Waals surface area (Å²) in [5.41, 5.74) is 6.98. The van der Waals surface area contributed by atoms with E-state index < -0.39 is 11.8 Å². The third-order valence-electron chi connectivity index (χ3n) is 3.28. The van der Waals surface area contributed by atoms with Crippen LogP contribution in [-0.4, -0.2) is 16.1 Å². The minimum absolute atomic E-state index is 0.143. The molecule has 0 amide bonds. The Labute approximate surface area is 125 Å². The number of hydrogen-bond acceptors (Lipinski definition) is 4. The van der Waals surface area contributed by atoms with E-state index in [1.54, 1.807) is 18.2 Å². The fourth-order valence-corrected chi connectivity index (χ4v) is 2.25. The number of fused-ring (bicyclic) bond motifs is 1. The molecule has 0 fully saturated rings. The molecule has 0 aliphatic heterocycles. The smallest absolute Gasteiger partial charge is 0.335 e. The normalized spacial score (nSPS) is 10.6. The molecule has 5 nitrogen and oxygen atoms in total. The number of aromatic carboxylic acids is 1. The highest BCUT2D eigenvalue weighted by atomic mass is 19.1. The van der Waals surface area contributed by atoms with Crippen molar-refractivity contribution in [1.82, 2.24) is 4.98 Å². The number of nitrogen functional groups attached to an aromatic ring is 1. The quantitative estimate of drug-likeness (QED) is 0.645. The maximum Gasteiger partial charge on any atom is 0.335 e. The molecule has 4 N–H and O–H groups in total. The maximum absolute atomic E-state index is 13.9. The zero-order valence-corrected chi connectivity index (χ0v) is 11.4. The molecule has 2 aromatic carbocycles. The molecule has 0 unspecified atom stereocenters. The van der Waals surface area contributed by atoms with Crippen LogP contribution in [0.4, 0.5) is 21.6 Å². The van der Waals surface area contributed by atoms with E-state index in [2.05, 4.69) is 10.3 Å². The van der Waals surface area contributed by atoms with Gasteiger partial charge < -0.3 is 16.2 Å². The first-order chi connectivity index (χ1) is 10.6. The first-order valence-electron chi connectivity index (χ1n) is 6.49. The van der Waals surface area contributed by atoms with E-state index in [-0.39, 0.29) is 5.56 Å². The minimum atomic E-state index is -1.03. The highest BCUT2D eigenvalue weighted by Crippen LogP contribution is 2.31. The van der Waals surface area contributed by atoms with Gasteiger partial charge in [0.25, 0.3) is 0 Å². The first-order valence-corrected chi connectivity index (χ1v) is 6.49. The molecule has 0 spiro atoms. The van der Waals surface area contributed by atoms with Crippen molar-refractivity contribution in [3.05, 3.63) is 60.0 Å². The second kappa shape index (κ2) is 5.33. The zero-order valence-electron chi connectivity index (χ0n) is 11.4. The number of halogens is 1. The van der Waals surface area contributed by atoms with Crippen LogP contribution in [0, 0.1) is 5.82 Å². The maximum atomic E-state index is 13.9. The van der Waals surface area contributed by atoms with Crippen LogP contribution in [0.25, 0.3) is 10.8 Å². The van der Waals surface area contributed by atoms with Gasteiger partial charge in [-0.3, -0.25) is 0 Å². The number of nitrogens with zero attached hydrogens (tertiary/aromatic N) is 1. The van der Waals surface area contributed by atoms with Gasteiger partial charge in [0.1, 0.15) is 11.6 Å². The Bertz CT molecular complexity index is 880. The molecule has 0 bridgehead atoms. The predicted molar refractivity (Wildman–Crippen MR) is 82.8 cm³/mol. The summed E-state index contributed by atoms with van der Waals surface area (Å²) in [6.45, 7) is 0. The molecule has 3 rings (SSSR count). The summed E-state index contributed by atoms with van der Waals surface area (Å²) in [6, 6.07) is 10.6. The number of carbonyl (C=O) groups is 1. The van der Waals surface area contributed by atoms with Crippen LogP contribution < -0.4 is 11.1 Å². The summed E-state index contributed by atoms with van der Waals surface area (Å²) in [5, 5.41) is 12.8. The van der Waals surface area contributed by atoms with Gasteiger partial charge in [0.2, 0.25) is 0 Å². The minimum Gasteiger partial charge on any atom is -0.478 e. The molecule has 0 atom stereocenters. The van der Waals surface area contributed by atoms with Crippen LogP contribution in [-0.2, 0) is 0 Å². The molecule has 0 saturated heterocycles. The highest BCUT2D eigenvalue weighted by molar-refractivity contribution is 6.02. The molecular formula is C16H12FN3O2. The Morgan fingerprint density at radius 1 is 1.23 bits per heavy atom. The lowest BCUT2D eigenvalue weighted by molar-refractivity contribution is 0.0697. The number of benzene rings is 2. The number of anilines is 3. The lowest BCUT2D eigenvalue weighted by atomic mass is 10.1. The summed E-state index contributed by atoms with van der Waals surface area (Å²) < 4.78 is 13.9. The van der Waals surface area contributed by atoms with Crippen LogP contribution >= 0.6 is 0 Å². The second-order valence-corrected chi connectivity index (χ2v) is 4.73.